The molecule has 2 heterocycles. The Hall–Kier alpha value is -2.03. The molecule has 1 fully saturated rings. The molecule has 162 valence electrons. The number of ether oxygens (including phenoxy) is 3. The first-order valence-corrected chi connectivity index (χ1v) is 10.4. The van der Waals surface area contributed by atoms with Crippen LogP contribution in [0.4, 0.5) is 5.69 Å². The van der Waals surface area contributed by atoms with E-state index in [0.29, 0.717) is 43.4 Å². The summed E-state index contributed by atoms with van der Waals surface area (Å²) < 4.78 is 16.4. The lowest BCUT2D eigenvalue weighted by Crippen LogP contribution is -2.47. The van der Waals surface area contributed by atoms with Gasteiger partial charge in [0.1, 0.15) is 13.2 Å². The number of hydrogen-bond acceptors (Lipinski definition) is 7. The minimum absolute atomic E-state index is 0.0506. The molecule has 1 aromatic rings. The number of aliphatic hydroxyl groups excluding tert-OH is 1. The molecule has 0 saturated carbocycles. The first-order chi connectivity index (χ1) is 14.1. The minimum atomic E-state index is -0.441. The van der Waals surface area contributed by atoms with Gasteiger partial charge in [-0.2, -0.15) is 0 Å². The number of benzene rings is 1. The zero-order valence-corrected chi connectivity index (χ0v) is 17.4. The Balaban J connectivity index is 1.52. The summed E-state index contributed by atoms with van der Waals surface area (Å²) in [6.07, 6.45) is 2.52. The van der Waals surface area contributed by atoms with Gasteiger partial charge in [-0.1, -0.05) is 0 Å². The van der Waals surface area contributed by atoms with Crippen LogP contribution >= 0.6 is 0 Å². The van der Waals surface area contributed by atoms with Gasteiger partial charge in [0.15, 0.2) is 11.5 Å². The van der Waals surface area contributed by atoms with Crippen molar-refractivity contribution in [1.82, 2.24) is 10.2 Å². The topological polar surface area (TPSA) is 92.3 Å². The van der Waals surface area contributed by atoms with E-state index in [2.05, 4.69) is 15.5 Å². The van der Waals surface area contributed by atoms with Crippen LogP contribution in [0, 0.1) is 5.92 Å². The van der Waals surface area contributed by atoms with E-state index in [4.69, 9.17) is 14.2 Å². The molecule has 2 aliphatic heterocycles. The highest BCUT2D eigenvalue weighted by atomic mass is 16.6. The zero-order valence-electron chi connectivity index (χ0n) is 17.4. The molecule has 29 heavy (non-hydrogen) atoms. The Morgan fingerprint density at radius 3 is 2.90 bits per heavy atom. The average molecular weight is 408 g/mol. The SMILES string of the molecule is CNc1cc2c(c(C(=O)NC[C@@H]3CCN(CCCCOC)CC3O)c1)OCCO2. The molecule has 2 aliphatic rings. The summed E-state index contributed by atoms with van der Waals surface area (Å²) in [5, 5.41) is 16.6. The Labute approximate surface area is 172 Å². The highest BCUT2D eigenvalue weighted by Gasteiger charge is 2.29. The summed E-state index contributed by atoms with van der Waals surface area (Å²) in [4.78, 5) is 15.1. The Bertz CT molecular complexity index is 685. The molecule has 2 atom stereocenters. The minimum Gasteiger partial charge on any atom is -0.486 e. The van der Waals surface area contributed by atoms with Gasteiger partial charge < -0.3 is 34.9 Å². The fraction of sp³-hybridized carbons (Fsp3) is 0.667. The van der Waals surface area contributed by atoms with E-state index in [-0.39, 0.29) is 11.8 Å². The molecular formula is C21H33N3O5. The van der Waals surface area contributed by atoms with Crippen LogP contribution in [0.1, 0.15) is 29.6 Å². The largest absolute Gasteiger partial charge is 0.486 e. The summed E-state index contributed by atoms with van der Waals surface area (Å²) in [5.74, 6) is 0.905. The number of carbonyl (C=O) groups excluding carboxylic acids is 1. The van der Waals surface area contributed by atoms with E-state index in [1.807, 2.05) is 6.07 Å². The highest BCUT2D eigenvalue weighted by Crippen LogP contribution is 2.37. The smallest absolute Gasteiger partial charge is 0.255 e. The molecule has 1 unspecified atom stereocenters. The second kappa shape index (κ2) is 10.7. The van der Waals surface area contributed by atoms with E-state index < -0.39 is 6.10 Å². The normalized spacial score (nSPS) is 21.6. The average Bonchev–Trinajstić information content (AvgIpc) is 2.75. The summed E-state index contributed by atoms with van der Waals surface area (Å²) in [5.41, 5.74) is 1.25. The van der Waals surface area contributed by atoms with E-state index in [9.17, 15) is 9.90 Å². The van der Waals surface area contributed by atoms with Crippen molar-refractivity contribution < 1.29 is 24.1 Å². The van der Waals surface area contributed by atoms with Crippen molar-refractivity contribution in [2.75, 3.05) is 65.5 Å². The number of amides is 1. The second-order valence-electron chi connectivity index (χ2n) is 7.62. The number of aliphatic hydroxyl groups is 1. The number of unbranched alkanes of at least 4 members (excludes halogenated alkanes) is 1. The van der Waals surface area contributed by atoms with Crippen LogP contribution in [0.2, 0.25) is 0 Å². The Morgan fingerprint density at radius 2 is 2.14 bits per heavy atom. The molecule has 0 bridgehead atoms. The quantitative estimate of drug-likeness (QED) is 0.532. The molecule has 0 spiro atoms. The highest BCUT2D eigenvalue weighted by molar-refractivity contribution is 5.99. The molecule has 0 aliphatic carbocycles. The maximum absolute atomic E-state index is 12.8. The van der Waals surface area contributed by atoms with Crippen molar-refractivity contribution >= 4 is 11.6 Å². The predicted molar refractivity (Wildman–Crippen MR) is 111 cm³/mol. The molecule has 3 rings (SSSR count). The summed E-state index contributed by atoms with van der Waals surface area (Å²) in [6.45, 7) is 4.67. The lowest BCUT2D eigenvalue weighted by atomic mass is 9.93. The van der Waals surface area contributed by atoms with Crippen molar-refractivity contribution in [3.63, 3.8) is 0 Å². The van der Waals surface area contributed by atoms with Gasteiger partial charge in [-0.3, -0.25) is 4.79 Å². The number of nitrogens with one attached hydrogen (secondary N) is 2. The van der Waals surface area contributed by atoms with Crippen molar-refractivity contribution in [2.45, 2.75) is 25.4 Å². The van der Waals surface area contributed by atoms with E-state index in [1.54, 1.807) is 20.2 Å². The molecule has 1 amide bonds. The van der Waals surface area contributed by atoms with Crippen LogP contribution in [-0.4, -0.2) is 82.2 Å². The lowest BCUT2D eigenvalue weighted by Gasteiger charge is -2.36. The van der Waals surface area contributed by atoms with Crippen LogP contribution in [0.15, 0.2) is 12.1 Å². The summed E-state index contributed by atoms with van der Waals surface area (Å²) >= 11 is 0. The van der Waals surface area contributed by atoms with Gasteiger partial charge in [0.25, 0.3) is 5.91 Å². The maximum Gasteiger partial charge on any atom is 0.255 e. The van der Waals surface area contributed by atoms with Crippen LogP contribution in [-0.2, 0) is 4.74 Å². The first-order valence-electron chi connectivity index (χ1n) is 10.4. The zero-order chi connectivity index (χ0) is 20.6. The van der Waals surface area contributed by atoms with Crippen molar-refractivity contribution in [2.24, 2.45) is 5.92 Å². The van der Waals surface area contributed by atoms with Crippen molar-refractivity contribution in [1.29, 1.82) is 0 Å². The third kappa shape index (κ3) is 5.74. The number of rotatable bonds is 9. The van der Waals surface area contributed by atoms with Gasteiger partial charge in [-0.25, -0.2) is 0 Å². The molecule has 1 saturated heterocycles. The maximum atomic E-state index is 12.8. The number of nitrogens with zero attached hydrogens (tertiary/aromatic N) is 1. The molecule has 1 aromatic carbocycles. The molecule has 8 nitrogen and oxygen atoms in total. The lowest BCUT2D eigenvalue weighted by molar-refractivity contribution is 0.0209. The number of piperidine rings is 1. The standard InChI is InChI=1S/C21H33N3O5/c1-22-16-11-17(20-19(12-16)28-9-10-29-20)21(26)23-13-15-5-7-24(14-18(15)25)6-3-4-8-27-2/h11-12,15,18,22,25H,3-10,13-14H2,1-2H3,(H,23,26)/t15-,18?/m0/s1. The second-order valence-corrected chi connectivity index (χ2v) is 7.62. The fourth-order valence-corrected chi connectivity index (χ4v) is 3.85. The number of hydrogen-bond donors (Lipinski definition) is 3. The van der Waals surface area contributed by atoms with Crippen molar-refractivity contribution in [3.05, 3.63) is 17.7 Å². The Kier molecular flexibility index (Phi) is 7.97. The number of likely N-dealkylation sites (tertiary alicyclic amines) is 1. The van der Waals surface area contributed by atoms with Crippen molar-refractivity contribution in [3.8, 4) is 11.5 Å². The third-order valence-electron chi connectivity index (χ3n) is 5.58. The van der Waals surface area contributed by atoms with E-state index in [0.717, 1.165) is 44.6 Å². The summed E-state index contributed by atoms with van der Waals surface area (Å²) in [6, 6.07) is 3.60. The van der Waals surface area contributed by atoms with Gasteiger partial charge >= 0.3 is 0 Å². The van der Waals surface area contributed by atoms with E-state index in [1.165, 1.54) is 0 Å². The van der Waals surface area contributed by atoms with Gasteiger partial charge in [-0.15, -0.1) is 0 Å². The van der Waals surface area contributed by atoms with Gasteiger partial charge in [0.2, 0.25) is 0 Å². The number of fused-ring (bicyclic) bond motifs is 1. The molecule has 3 N–H and O–H groups in total. The number of anilines is 1. The van der Waals surface area contributed by atoms with Gasteiger partial charge in [0, 0.05) is 51.5 Å². The molecular weight excluding hydrogens is 374 g/mol. The van der Waals surface area contributed by atoms with Gasteiger partial charge in [0.05, 0.1) is 11.7 Å². The van der Waals surface area contributed by atoms with Crippen LogP contribution in [0.3, 0.4) is 0 Å². The van der Waals surface area contributed by atoms with Gasteiger partial charge in [-0.05, 0) is 38.4 Å². The summed E-state index contributed by atoms with van der Waals surface area (Å²) in [7, 11) is 3.51. The number of carbonyl (C=O) groups is 1. The van der Waals surface area contributed by atoms with Crippen LogP contribution in [0.25, 0.3) is 0 Å². The molecule has 0 aromatic heterocycles. The van der Waals surface area contributed by atoms with E-state index >= 15 is 0 Å². The Morgan fingerprint density at radius 1 is 1.31 bits per heavy atom. The first kappa shape index (κ1) is 21.7. The fourth-order valence-electron chi connectivity index (χ4n) is 3.85. The number of methoxy groups -OCH3 is 1. The predicted octanol–water partition coefficient (Wildman–Crippen LogP) is 1.34. The van der Waals surface area contributed by atoms with Crippen LogP contribution < -0.4 is 20.1 Å². The monoisotopic (exact) mass is 407 g/mol. The number of β-amino-alcohol motifs (C(OH)–C–C–N with tert-alkyl or cyclic N) is 1. The third-order valence-corrected chi connectivity index (χ3v) is 5.58. The molecule has 8 heteroatoms. The van der Waals surface area contributed by atoms with Crippen LogP contribution in [0.5, 0.6) is 11.5 Å². The molecule has 0 radical (unpaired) electrons.